The lowest BCUT2D eigenvalue weighted by molar-refractivity contribution is -0.140. The summed E-state index contributed by atoms with van der Waals surface area (Å²) in [6.45, 7) is 0.760. The standard InChI is InChI=1S/C15H23N3O3/c1-17-11-12(10-16-17)5-7-14(19)18-9-3-2-4-13(18)6-8-15(20)21/h10-11,13H,2-9H2,1H3,(H,20,21). The van der Waals surface area contributed by atoms with E-state index >= 15 is 0 Å². The second-order valence-electron chi connectivity index (χ2n) is 5.69. The number of carbonyl (C=O) groups excluding carboxylic acids is 1. The summed E-state index contributed by atoms with van der Waals surface area (Å²) in [5, 5.41) is 12.9. The highest BCUT2D eigenvalue weighted by Crippen LogP contribution is 2.22. The number of piperidine rings is 1. The number of hydrogen-bond donors (Lipinski definition) is 1. The Labute approximate surface area is 124 Å². The Morgan fingerprint density at radius 1 is 1.38 bits per heavy atom. The molecular weight excluding hydrogens is 270 g/mol. The van der Waals surface area contributed by atoms with Gasteiger partial charge in [0, 0.05) is 38.7 Å². The predicted octanol–water partition coefficient (Wildman–Crippen LogP) is 1.60. The second kappa shape index (κ2) is 7.24. The van der Waals surface area contributed by atoms with Crippen molar-refractivity contribution in [2.45, 2.75) is 51.0 Å². The summed E-state index contributed by atoms with van der Waals surface area (Å²) in [5.41, 5.74) is 1.06. The first-order valence-corrected chi connectivity index (χ1v) is 7.55. The van der Waals surface area contributed by atoms with Crippen LogP contribution in [0.4, 0.5) is 0 Å². The molecule has 0 aliphatic carbocycles. The van der Waals surface area contributed by atoms with E-state index in [0.717, 1.165) is 31.4 Å². The van der Waals surface area contributed by atoms with E-state index in [1.807, 2.05) is 18.1 Å². The molecule has 1 aliphatic heterocycles. The van der Waals surface area contributed by atoms with E-state index in [2.05, 4.69) is 5.10 Å². The zero-order chi connectivity index (χ0) is 15.2. The first-order chi connectivity index (χ1) is 10.1. The maximum atomic E-state index is 12.4. The normalized spacial score (nSPS) is 18.7. The van der Waals surface area contributed by atoms with Crippen LogP contribution in [-0.4, -0.2) is 44.3 Å². The smallest absolute Gasteiger partial charge is 0.303 e. The van der Waals surface area contributed by atoms with Crippen molar-refractivity contribution in [2.24, 2.45) is 7.05 Å². The van der Waals surface area contributed by atoms with Gasteiger partial charge in [0.25, 0.3) is 0 Å². The van der Waals surface area contributed by atoms with Crippen molar-refractivity contribution in [3.05, 3.63) is 18.0 Å². The van der Waals surface area contributed by atoms with Crippen LogP contribution in [0, 0.1) is 0 Å². The molecule has 1 saturated heterocycles. The fourth-order valence-corrected chi connectivity index (χ4v) is 2.91. The second-order valence-corrected chi connectivity index (χ2v) is 5.69. The van der Waals surface area contributed by atoms with E-state index in [4.69, 9.17) is 5.11 Å². The van der Waals surface area contributed by atoms with Gasteiger partial charge in [-0.2, -0.15) is 5.10 Å². The molecule has 21 heavy (non-hydrogen) atoms. The monoisotopic (exact) mass is 293 g/mol. The maximum Gasteiger partial charge on any atom is 0.303 e. The molecule has 1 N–H and O–H groups in total. The van der Waals surface area contributed by atoms with Gasteiger partial charge >= 0.3 is 5.97 Å². The molecule has 1 unspecified atom stereocenters. The molecule has 0 bridgehead atoms. The molecule has 1 amide bonds. The van der Waals surface area contributed by atoms with E-state index in [1.165, 1.54) is 0 Å². The molecular formula is C15H23N3O3. The van der Waals surface area contributed by atoms with Crippen LogP contribution >= 0.6 is 0 Å². The van der Waals surface area contributed by atoms with Crippen molar-refractivity contribution in [1.82, 2.24) is 14.7 Å². The Balaban J connectivity index is 1.87. The number of aryl methyl sites for hydroxylation is 2. The van der Waals surface area contributed by atoms with Crippen molar-refractivity contribution in [2.75, 3.05) is 6.54 Å². The highest BCUT2D eigenvalue weighted by molar-refractivity contribution is 5.77. The van der Waals surface area contributed by atoms with E-state index in [9.17, 15) is 9.59 Å². The van der Waals surface area contributed by atoms with Gasteiger partial charge in [0.05, 0.1) is 6.20 Å². The van der Waals surface area contributed by atoms with Crippen LogP contribution in [0.5, 0.6) is 0 Å². The number of aliphatic carboxylic acids is 1. The van der Waals surface area contributed by atoms with Crippen molar-refractivity contribution < 1.29 is 14.7 Å². The number of carboxylic acid groups (broad SMARTS) is 1. The molecule has 116 valence electrons. The molecule has 6 heteroatoms. The number of aromatic nitrogens is 2. The van der Waals surface area contributed by atoms with Crippen molar-refractivity contribution in [3.63, 3.8) is 0 Å². The largest absolute Gasteiger partial charge is 0.481 e. The first-order valence-electron chi connectivity index (χ1n) is 7.55. The zero-order valence-corrected chi connectivity index (χ0v) is 12.5. The van der Waals surface area contributed by atoms with Gasteiger partial charge in [0.1, 0.15) is 0 Å². The summed E-state index contributed by atoms with van der Waals surface area (Å²) < 4.78 is 1.73. The Hall–Kier alpha value is -1.85. The molecule has 2 heterocycles. The number of rotatable bonds is 6. The van der Waals surface area contributed by atoms with Crippen molar-refractivity contribution >= 4 is 11.9 Å². The van der Waals surface area contributed by atoms with Gasteiger partial charge in [-0.1, -0.05) is 0 Å². The molecule has 0 aromatic carbocycles. The van der Waals surface area contributed by atoms with E-state index in [1.54, 1.807) is 10.9 Å². The van der Waals surface area contributed by atoms with E-state index in [0.29, 0.717) is 19.3 Å². The van der Waals surface area contributed by atoms with Crippen LogP contribution in [0.15, 0.2) is 12.4 Å². The maximum absolute atomic E-state index is 12.4. The number of nitrogens with zero attached hydrogens (tertiary/aromatic N) is 3. The number of amides is 1. The van der Waals surface area contributed by atoms with Gasteiger partial charge in [0.15, 0.2) is 0 Å². The lowest BCUT2D eigenvalue weighted by atomic mass is 9.97. The van der Waals surface area contributed by atoms with Gasteiger partial charge < -0.3 is 10.0 Å². The molecule has 1 aromatic heterocycles. The predicted molar refractivity (Wildman–Crippen MR) is 77.8 cm³/mol. The fraction of sp³-hybridized carbons (Fsp3) is 0.667. The highest BCUT2D eigenvalue weighted by atomic mass is 16.4. The SMILES string of the molecule is Cn1cc(CCC(=O)N2CCCCC2CCC(=O)O)cn1. The van der Waals surface area contributed by atoms with Crippen LogP contribution in [-0.2, 0) is 23.1 Å². The van der Waals surface area contributed by atoms with Crippen LogP contribution in [0.25, 0.3) is 0 Å². The summed E-state index contributed by atoms with van der Waals surface area (Å²) in [6, 6.07) is 0.0937. The Morgan fingerprint density at radius 3 is 2.86 bits per heavy atom. The first kappa shape index (κ1) is 15.5. The summed E-state index contributed by atoms with van der Waals surface area (Å²) >= 11 is 0. The molecule has 6 nitrogen and oxygen atoms in total. The molecule has 0 saturated carbocycles. The van der Waals surface area contributed by atoms with Crippen LogP contribution in [0.3, 0.4) is 0 Å². The highest BCUT2D eigenvalue weighted by Gasteiger charge is 2.26. The molecule has 1 fully saturated rings. The Kier molecular flexibility index (Phi) is 5.36. The summed E-state index contributed by atoms with van der Waals surface area (Å²) in [6.07, 6.45) is 8.58. The Bertz CT molecular complexity index is 498. The topological polar surface area (TPSA) is 75.4 Å². The van der Waals surface area contributed by atoms with E-state index in [-0.39, 0.29) is 18.4 Å². The fourth-order valence-electron chi connectivity index (χ4n) is 2.91. The van der Waals surface area contributed by atoms with Gasteiger partial charge in [-0.15, -0.1) is 0 Å². The number of carboxylic acids is 1. The third-order valence-electron chi connectivity index (χ3n) is 4.02. The number of likely N-dealkylation sites (tertiary alicyclic amines) is 1. The quantitative estimate of drug-likeness (QED) is 0.864. The molecule has 2 rings (SSSR count). The van der Waals surface area contributed by atoms with Crippen LogP contribution in [0.1, 0.15) is 44.1 Å². The van der Waals surface area contributed by atoms with Gasteiger partial charge in [-0.05, 0) is 37.7 Å². The number of carbonyl (C=O) groups is 2. The number of hydrogen-bond acceptors (Lipinski definition) is 3. The average Bonchev–Trinajstić information content (AvgIpc) is 2.88. The molecule has 1 aliphatic rings. The Morgan fingerprint density at radius 2 is 2.19 bits per heavy atom. The van der Waals surface area contributed by atoms with Crippen LogP contribution < -0.4 is 0 Å². The molecule has 1 aromatic rings. The van der Waals surface area contributed by atoms with Gasteiger partial charge in [-0.3, -0.25) is 14.3 Å². The third kappa shape index (κ3) is 4.58. The van der Waals surface area contributed by atoms with E-state index < -0.39 is 5.97 Å². The summed E-state index contributed by atoms with van der Waals surface area (Å²) in [5.74, 6) is -0.655. The summed E-state index contributed by atoms with van der Waals surface area (Å²) in [7, 11) is 1.86. The minimum Gasteiger partial charge on any atom is -0.481 e. The molecule has 0 radical (unpaired) electrons. The average molecular weight is 293 g/mol. The lowest BCUT2D eigenvalue weighted by Crippen LogP contribution is -2.44. The van der Waals surface area contributed by atoms with Crippen LogP contribution in [0.2, 0.25) is 0 Å². The summed E-state index contributed by atoms with van der Waals surface area (Å²) in [4.78, 5) is 25.0. The molecule has 0 spiro atoms. The zero-order valence-electron chi connectivity index (χ0n) is 12.5. The third-order valence-corrected chi connectivity index (χ3v) is 4.02. The lowest BCUT2D eigenvalue weighted by Gasteiger charge is -2.35. The van der Waals surface area contributed by atoms with Gasteiger partial charge in [0.2, 0.25) is 5.91 Å². The van der Waals surface area contributed by atoms with Crippen molar-refractivity contribution in [1.29, 1.82) is 0 Å². The van der Waals surface area contributed by atoms with Gasteiger partial charge in [-0.25, -0.2) is 0 Å². The minimum atomic E-state index is -0.789. The molecule has 1 atom stereocenters. The minimum absolute atomic E-state index is 0.0937. The van der Waals surface area contributed by atoms with Crippen molar-refractivity contribution in [3.8, 4) is 0 Å².